The van der Waals surface area contributed by atoms with Gasteiger partial charge in [0.2, 0.25) is 5.91 Å². The molecule has 0 bridgehead atoms. The zero-order chi connectivity index (χ0) is 24.6. The SMILES string of the molecule is O=C(/C=C/c1ccc([N+](=O)[O-])cc1)N(Cc1ccccc1)Cc1cccn1Cc1ccc(F)cc1. The summed E-state index contributed by atoms with van der Waals surface area (Å²) in [5.41, 5.74) is 3.61. The van der Waals surface area contributed by atoms with Gasteiger partial charge in [-0.05, 0) is 59.2 Å². The summed E-state index contributed by atoms with van der Waals surface area (Å²) in [4.78, 5) is 25.4. The van der Waals surface area contributed by atoms with E-state index in [9.17, 15) is 19.3 Å². The number of rotatable bonds is 9. The molecule has 0 aliphatic carbocycles. The van der Waals surface area contributed by atoms with E-state index in [0.29, 0.717) is 25.2 Å². The molecule has 0 aliphatic rings. The molecule has 0 N–H and O–H groups in total. The number of nitro benzene ring substituents is 1. The number of benzene rings is 3. The molecule has 0 radical (unpaired) electrons. The summed E-state index contributed by atoms with van der Waals surface area (Å²) in [5, 5.41) is 10.9. The van der Waals surface area contributed by atoms with E-state index in [-0.39, 0.29) is 17.4 Å². The van der Waals surface area contributed by atoms with Crippen LogP contribution in [0.25, 0.3) is 6.08 Å². The summed E-state index contributed by atoms with van der Waals surface area (Å²) in [6.07, 6.45) is 5.08. The Morgan fingerprint density at radius 2 is 1.60 bits per heavy atom. The van der Waals surface area contributed by atoms with Crippen LogP contribution < -0.4 is 0 Å². The lowest BCUT2D eigenvalue weighted by Gasteiger charge is -2.23. The Bertz CT molecular complexity index is 1310. The van der Waals surface area contributed by atoms with Crippen LogP contribution in [0.5, 0.6) is 0 Å². The Kier molecular flexibility index (Phi) is 7.47. The van der Waals surface area contributed by atoms with Crippen molar-refractivity contribution in [3.05, 3.63) is 142 Å². The molecule has 0 saturated heterocycles. The third kappa shape index (κ3) is 6.51. The first kappa shape index (κ1) is 23.6. The van der Waals surface area contributed by atoms with E-state index in [1.54, 1.807) is 35.2 Å². The van der Waals surface area contributed by atoms with Gasteiger partial charge in [0.05, 0.1) is 11.5 Å². The van der Waals surface area contributed by atoms with E-state index in [4.69, 9.17) is 0 Å². The Morgan fingerprint density at radius 3 is 2.29 bits per heavy atom. The molecule has 0 spiro atoms. The van der Waals surface area contributed by atoms with Crippen LogP contribution in [0.15, 0.2) is 103 Å². The summed E-state index contributed by atoms with van der Waals surface area (Å²) in [5.74, 6) is -0.456. The Balaban J connectivity index is 1.53. The van der Waals surface area contributed by atoms with Crippen molar-refractivity contribution in [3.63, 3.8) is 0 Å². The van der Waals surface area contributed by atoms with Crippen molar-refractivity contribution < 1.29 is 14.1 Å². The van der Waals surface area contributed by atoms with Crippen LogP contribution in [0.4, 0.5) is 10.1 Å². The van der Waals surface area contributed by atoms with Gasteiger partial charge in [-0.2, -0.15) is 0 Å². The second kappa shape index (κ2) is 11.1. The maximum Gasteiger partial charge on any atom is 0.269 e. The van der Waals surface area contributed by atoms with Gasteiger partial charge in [-0.15, -0.1) is 0 Å². The number of carbonyl (C=O) groups is 1. The van der Waals surface area contributed by atoms with E-state index in [0.717, 1.165) is 16.8 Å². The molecule has 0 fully saturated rings. The van der Waals surface area contributed by atoms with Crippen molar-refractivity contribution >= 4 is 17.7 Å². The van der Waals surface area contributed by atoms with E-state index >= 15 is 0 Å². The molecule has 35 heavy (non-hydrogen) atoms. The number of non-ortho nitro benzene ring substituents is 1. The molecule has 1 aromatic heterocycles. The average Bonchev–Trinajstić information content (AvgIpc) is 3.30. The Hall–Kier alpha value is -4.52. The first-order chi connectivity index (χ1) is 17.0. The standard InChI is InChI=1S/C28H24FN3O3/c29-25-13-8-24(9-14-25)19-30-18-4-7-27(30)21-31(20-23-5-2-1-3-6-23)28(33)17-12-22-10-15-26(16-11-22)32(34)35/h1-18H,19-21H2/b17-12+. The second-order valence-electron chi connectivity index (χ2n) is 8.12. The fraction of sp³-hybridized carbons (Fsp3) is 0.107. The number of hydrogen-bond acceptors (Lipinski definition) is 3. The minimum atomic E-state index is -0.457. The molecule has 4 aromatic rings. The molecule has 0 atom stereocenters. The summed E-state index contributed by atoms with van der Waals surface area (Å²) in [7, 11) is 0. The van der Waals surface area contributed by atoms with Crippen molar-refractivity contribution in [3.8, 4) is 0 Å². The van der Waals surface area contributed by atoms with E-state index in [2.05, 4.69) is 0 Å². The number of aromatic nitrogens is 1. The van der Waals surface area contributed by atoms with Crippen molar-refractivity contribution in [1.82, 2.24) is 9.47 Å². The molecule has 3 aromatic carbocycles. The first-order valence-corrected chi connectivity index (χ1v) is 11.1. The summed E-state index contributed by atoms with van der Waals surface area (Å²) in [6, 6.07) is 26.0. The van der Waals surface area contributed by atoms with Gasteiger partial charge in [0.25, 0.3) is 5.69 Å². The minimum Gasteiger partial charge on any atom is -0.345 e. The molecule has 0 saturated carbocycles. The number of hydrogen-bond donors (Lipinski definition) is 0. The van der Waals surface area contributed by atoms with Crippen molar-refractivity contribution in [2.24, 2.45) is 0 Å². The van der Waals surface area contributed by atoms with Gasteiger partial charge in [0.1, 0.15) is 5.82 Å². The third-order valence-electron chi connectivity index (χ3n) is 5.59. The maximum atomic E-state index is 13.3. The Morgan fingerprint density at radius 1 is 0.886 bits per heavy atom. The lowest BCUT2D eigenvalue weighted by Crippen LogP contribution is -2.29. The van der Waals surface area contributed by atoms with E-state index < -0.39 is 4.92 Å². The van der Waals surface area contributed by atoms with Gasteiger partial charge in [0, 0.05) is 43.2 Å². The van der Waals surface area contributed by atoms with Gasteiger partial charge in [-0.25, -0.2) is 4.39 Å². The molecular weight excluding hydrogens is 445 g/mol. The predicted octanol–water partition coefficient (Wildman–Crippen LogP) is 5.83. The zero-order valence-electron chi connectivity index (χ0n) is 19.0. The summed E-state index contributed by atoms with van der Waals surface area (Å²) >= 11 is 0. The maximum absolute atomic E-state index is 13.3. The van der Waals surface area contributed by atoms with Crippen molar-refractivity contribution in [2.45, 2.75) is 19.6 Å². The van der Waals surface area contributed by atoms with Crippen LogP contribution in [0.2, 0.25) is 0 Å². The molecule has 1 amide bonds. The fourth-order valence-electron chi connectivity index (χ4n) is 3.72. The molecule has 4 rings (SSSR count). The van der Waals surface area contributed by atoms with Crippen LogP contribution in [0.3, 0.4) is 0 Å². The Labute approximate surface area is 202 Å². The number of halogens is 1. The summed E-state index contributed by atoms with van der Waals surface area (Å²) < 4.78 is 15.3. The van der Waals surface area contributed by atoms with Gasteiger partial charge >= 0.3 is 0 Å². The fourth-order valence-corrected chi connectivity index (χ4v) is 3.72. The number of carbonyl (C=O) groups excluding carboxylic acids is 1. The zero-order valence-corrected chi connectivity index (χ0v) is 19.0. The van der Waals surface area contributed by atoms with Crippen LogP contribution in [0.1, 0.15) is 22.4 Å². The number of nitrogens with zero attached hydrogens (tertiary/aromatic N) is 3. The highest BCUT2D eigenvalue weighted by Gasteiger charge is 2.15. The highest BCUT2D eigenvalue weighted by atomic mass is 19.1. The van der Waals surface area contributed by atoms with Gasteiger partial charge < -0.3 is 9.47 Å². The molecule has 176 valence electrons. The minimum absolute atomic E-state index is 0.00102. The van der Waals surface area contributed by atoms with Crippen molar-refractivity contribution in [1.29, 1.82) is 0 Å². The lowest BCUT2D eigenvalue weighted by atomic mass is 10.1. The quantitative estimate of drug-likeness (QED) is 0.176. The molecule has 6 nitrogen and oxygen atoms in total. The predicted molar refractivity (Wildman–Crippen MR) is 133 cm³/mol. The van der Waals surface area contributed by atoms with Crippen molar-refractivity contribution in [2.75, 3.05) is 0 Å². The smallest absolute Gasteiger partial charge is 0.269 e. The average molecular weight is 470 g/mol. The topological polar surface area (TPSA) is 68.4 Å². The third-order valence-corrected chi connectivity index (χ3v) is 5.59. The largest absolute Gasteiger partial charge is 0.345 e. The molecule has 0 aliphatic heterocycles. The lowest BCUT2D eigenvalue weighted by molar-refractivity contribution is -0.384. The monoisotopic (exact) mass is 469 g/mol. The number of amides is 1. The molecular formula is C28H24FN3O3. The van der Waals surface area contributed by atoms with E-state index in [1.165, 1.54) is 30.3 Å². The highest BCUT2D eigenvalue weighted by Crippen LogP contribution is 2.16. The van der Waals surface area contributed by atoms with Gasteiger partial charge in [-0.3, -0.25) is 14.9 Å². The van der Waals surface area contributed by atoms with E-state index in [1.807, 2.05) is 53.2 Å². The molecule has 1 heterocycles. The second-order valence-corrected chi connectivity index (χ2v) is 8.12. The number of nitro groups is 1. The van der Waals surface area contributed by atoms with Crippen LogP contribution >= 0.6 is 0 Å². The van der Waals surface area contributed by atoms with Crippen LogP contribution in [-0.2, 0) is 24.4 Å². The van der Waals surface area contributed by atoms with Crippen LogP contribution in [0, 0.1) is 15.9 Å². The molecule has 0 unspecified atom stereocenters. The normalized spacial score (nSPS) is 11.0. The van der Waals surface area contributed by atoms with Crippen LogP contribution in [-0.4, -0.2) is 20.3 Å². The van der Waals surface area contributed by atoms with Gasteiger partial charge in [0.15, 0.2) is 0 Å². The molecule has 7 heteroatoms. The van der Waals surface area contributed by atoms with Gasteiger partial charge in [-0.1, -0.05) is 42.5 Å². The first-order valence-electron chi connectivity index (χ1n) is 11.1. The highest BCUT2D eigenvalue weighted by molar-refractivity contribution is 5.91. The summed E-state index contributed by atoms with van der Waals surface area (Å²) in [6.45, 7) is 1.37.